The Bertz CT molecular complexity index is 462. The van der Waals surface area contributed by atoms with Crippen LogP contribution < -0.4 is 10.6 Å². The normalized spacial score (nSPS) is 29.1. The number of likely N-dealkylation sites (tertiary alicyclic amines) is 1. The number of nitrogens with zero attached hydrogens (tertiary/aromatic N) is 2. The van der Waals surface area contributed by atoms with E-state index in [1.54, 1.807) is 0 Å². The van der Waals surface area contributed by atoms with Crippen molar-refractivity contribution in [2.75, 3.05) is 39.8 Å². The number of amides is 1. The number of piperidine rings is 1. The van der Waals surface area contributed by atoms with Crippen molar-refractivity contribution in [1.29, 1.82) is 0 Å². The SMILES string of the molecule is CN=C(NCCOC1CCCCC1)N1CCCC2(CNC(=O)C2)C1. The number of aliphatic imine (C=N–C) groups is 1. The van der Waals surface area contributed by atoms with Gasteiger partial charge >= 0.3 is 0 Å². The van der Waals surface area contributed by atoms with E-state index >= 15 is 0 Å². The van der Waals surface area contributed by atoms with Crippen LogP contribution in [-0.2, 0) is 9.53 Å². The molecule has 1 saturated carbocycles. The largest absolute Gasteiger partial charge is 0.376 e. The van der Waals surface area contributed by atoms with Gasteiger partial charge in [-0.1, -0.05) is 19.3 Å². The van der Waals surface area contributed by atoms with E-state index in [0.29, 0.717) is 12.5 Å². The fourth-order valence-corrected chi connectivity index (χ4v) is 4.38. The molecule has 1 amide bonds. The highest BCUT2D eigenvalue weighted by Crippen LogP contribution is 2.35. The van der Waals surface area contributed by atoms with E-state index in [1.165, 1.54) is 32.1 Å². The Morgan fingerprint density at radius 3 is 2.92 bits per heavy atom. The molecule has 1 atom stereocenters. The summed E-state index contributed by atoms with van der Waals surface area (Å²) >= 11 is 0. The zero-order chi connectivity index (χ0) is 16.8. The topological polar surface area (TPSA) is 66.0 Å². The molecule has 0 aromatic carbocycles. The van der Waals surface area contributed by atoms with Crippen molar-refractivity contribution in [1.82, 2.24) is 15.5 Å². The van der Waals surface area contributed by atoms with Gasteiger partial charge in [0.05, 0.1) is 12.7 Å². The molecule has 2 heterocycles. The zero-order valence-corrected chi connectivity index (χ0v) is 15.0. The van der Waals surface area contributed by atoms with Gasteiger partial charge in [0.1, 0.15) is 0 Å². The molecule has 3 rings (SSSR count). The second-order valence-electron chi connectivity index (χ2n) is 7.58. The molecule has 0 aromatic rings. The second kappa shape index (κ2) is 8.19. The number of ether oxygens (including phenoxy) is 1. The number of hydrogen-bond acceptors (Lipinski definition) is 3. The lowest BCUT2D eigenvalue weighted by molar-refractivity contribution is -0.119. The maximum Gasteiger partial charge on any atom is 0.220 e. The minimum absolute atomic E-state index is 0.103. The molecule has 2 aliphatic heterocycles. The summed E-state index contributed by atoms with van der Waals surface area (Å²) in [4.78, 5) is 18.4. The van der Waals surface area contributed by atoms with Crippen LogP contribution in [0.4, 0.5) is 0 Å². The summed E-state index contributed by atoms with van der Waals surface area (Å²) < 4.78 is 5.98. The van der Waals surface area contributed by atoms with Crippen LogP contribution in [0.2, 0.25) is 0 Å². The van der Waals surface area contributed by atoms with E-state index in [4.69, 9.17) is 4.74 Å². The Balaban J connectivity index is 1.43. The van der Waals surface area contributed by atoms with E-state index in [9.17, 15) is 4.79 Å². The Morgan fingerprint density at radius 2 is 2.21 bits per heavy atom. The predicted molar refractivity (Wildman–Crippen MR) is 95.1 cm³/mol. The molecule has 24 heavy (non-hydrogen) atoms. The molecular formula is C18H32N4O2. The number of guanidine groups is 1. The van der Waals surface area contributed by atoms with Gasteiger partial charge in [-0.15, -0.1) is 0 Å². The van der Waals surface area contributed by atoms with Crippen molar-refractivity contribution in [2.24, 2.45) is 10.4 Å². The lowest BCUT2D eigenvalue weighted by atomic mass is 9.79. The van der Waals surface area contributed by atoms with Crippen molar-refractivity contribution in [3.8, 4) is 0 Å². The van der Waals surface area contributed by atoms with E-state index in [2.05, 4.69) is 20.5 Å². The van der Waals surface area contributed by atoms with Crippen molar-refractivity contribution in [3.63, 3.8) is 0 Å². The molecule has 0 aromatic heterocycles. The van der Waals surface area contributed by atoms with Crippen LogP contribution in [0.15, 0.2) is 4.99 Å². The highest BCUT2D eigenvalue weighted by molar-refractivity contribution is 5.81. The Labute approximate surface area is 145 Å². The molecule has 3 fully saturated rings. The molecular weight excluding hydrogens is 304 g/mol. The Hall–Kier alpha value is -1.30. The Kier molecular flexibility index (Phi) is 5.98. The molecule has 3 aliphatic rings. The van der Waals surface area contributed by atoms with Gasteiger partial charge in [-0.05, 0) is 25.7 Å². The van der Waals surface area contributed by atoms with Gasteiger partial charge in [0.25, 0.3) is 0 Å². The summed E-state index contributed by atoms with van der Waals surface area (Å²) in [5, 5.41) is 6.44. The van der Waals surface area contributed by atoms with Crippen LogP contribution in [0.3, 0.4) is 0 Å². The highest BCUT2D eigenvalue weighted by Gasteiger charge is 2.42. The first kappa shape index (κ1) is 17.5. The highest BCUT2D eigenvalue weighted by atomic mass is 16.5. The minimum atomic E-state index is 0.103. The van der Waals surface area contributed by atoms with Crippen LogP contribution in [0.5, 0.6) is 0 Å². The van der Waals surface area contributed by atoms with Crippen LogP contribution in [0, 0.1) is 5.41 Å². The third-order valence-electron chi connectivity index (χ3n) is 5.66. The summed E-state index contributed by atoms with van der Waals surface area (Å²) in [5.74, 6) is 1.14. The summed E-state index contributed by atoms with van der Waals surface area (Å²) in [7, 11) is 1.84. The quantitative estimate of drug-likeness (QED) is 0.464. The molecule has 1 aliphatic carbocycles. The second-order valence-corrected chi connectivity index (χ2v) is 7.58. The lowest BCUT2D eigenvalue weighted by Gasteiger charge is -2.40. The summed E-state index contributed by atoms with van der Waals surface area (Å²) in [6.07, 6.45) is 9.76. The van der Waals surface area contributed by atoms with Gasteiger partial charge in [-0.25, -0.2) is 0 Å². The molecule has 6 nitrogen and oxygen atoms in total. The van der Waals surface area contributed by atoms with Crippen LogP contribution in [0.25, 0.3) is 0 Å². The fourth-order valence-electron chi connectivity index (χ4n) is 4.38. The van der Waals surface area contributed by atoms with Gasteiger partial charge in [-0.2, -0.15) is 0 Å². The zero-order valence-electron chi connectivity index (χ0n) is 15.0. The van der Waals surface area contributed by atoms with E-state index in [1.807, 2.05) is 7.05 Å². The lowest BCUT2D eigenvalue weighted by Crippen LogP contribution is -2.51. The number of carbonyl (C=O) groups is 1. The van der Waals surface area contributed by atoms with Crippen molar-refractivity contribution in [3.05, 3.63) is 0 Å². The number of carbonyl (C=O) groups excluding carboxylic acids is 1. The first-order chi connectivity index (χ1) is 11.7. The molecule has 0 radical (unpaired) electrons. The first-order valence-corrected chi connectivity index (χ1v) is 9.55. The maximum atomic E-state index is 11.6. The van der Waals surface area contributed by atoms with Gasteiger partial charge < -0.3 is 20.3 Å². The van der Waals surface area contributed by atoms with Gasteiger partial charge in [0.2, 0.25) is 5.91 Å². The third-order valence-corrected chi connectivity index (χ3v) is 5.66. The van der Waals surface area contributed by atoms with Gasteiger partial charge in [0.15, 0.2) is 5.96 Å². The third kappa shape index (κ3) is 4.41. The van der Waals surface area contributed by atoms with E-state index < -0.39 is 0 Å². The van der Waals surface area contributed by atoms with E-state index in [-0.39, 0.29) is 11.3 Å². The van der Waals surface area contributed by atoms with Gasteiger partial charge in [-0.3, -0.25) is 9.79 Å². The summed E-state index contributed by atoms with van der Waals surface area (Å²) in [5.41, 5.74) is 0.103. The molecule has 2 saturated heterocycles. The summed E-state index contributed by atoms with van der Waals surface area (Å²) in [6, 6.07) is 0. The van der Waals surface area contributed by atoms with Crippen molar-refractivity contribution >= 4 is 11.9 Å². The average Bonchev–Trinajstić information content (AvgIpc) is 2.96. The average molecular weight is 336 g/mol. The molecule has 2 N–H and O–H groups in total. The number of rotatable bonds is 4. The summed E-state index contributed by atoms with van der Waals surface area (Å²) in [6.45, 7) is 4.27. The number of nitrogens with one attached hydrogen (secondary N) is 2. The van der Waals surface area contributed by atoms with Crippen LogP contribution >= 0.6 is 0 Å². The van der Waals surface area contributed by atoms with Crippen molar-refractivity contribution < 1.29 is 9.53 Å². The predicted octanol–water partition coefficient (Wildman–Crippen LogP) is 1.51. The standard InChI is InChI=1S/C18H32N4O2/c1-19-17(20-9-11-24-15-6-3-2-4-7-15)22-10-5-8-18(14-22)12-16(23)21-13-18/h15H,2-14H2,1H3,(H,19,20)(H,21,23). The molecule has 1 spiro atoms. The van der Waals surface area contributed by atoms with Gasteiger partial charge in [0, 0.05) is 45.1 Å². The molecule has 0 bridgehead atoms. The van der Waals surface area contributed by atoms with Crippen LogP contribution in [-0.4, -0.2) is 62.7 Å². The fraction of sp³-hybridized carbons (Fsp3) is 0.889. The maximum absolute atomic E-state index is 11.6. The minimum Gasteiger partial charge on any atom is -0.376 e. The number of hydrogen-bond donors (Lipinski definition) is 2. The van der Waals surface area contributed by atoms with E-state index in [0.717, 1.165) is 51.6 Å². The van der Waals surface area contributed by atoms with Crippen molar-refractivity contribution in [2.45, 2.75) is 57.5 Å². The molecule has 1 unspecified atom stereocenters. The Morgan fingerprint density at radius 1 is 1.38 bits per heavy atom. The molecule has 136 valence electrons. The monoisotopic (exact) mass is 336 g/mol. The first-order valence-electron chi connectivity index (χ1n) is 9.55. The smallest absolute Gasteiger partial charge is 0.220 e. The molecule has 6 heteroatoms. The van der Waals surface area contributed by atoms with Crippen LogP contribution in [0.1, 0.15) is 51.4 Å².